The van der Waals surface area contributed by atoms with Gasteiger partial charge in [-0.15, -0.1) is 0 Å². The van der Waals surface area contributed by atoms with Crippen LogP contribution in [0.4, 0.5) is 22.7 Å². The number of phenolic OH excluding ortho intramolecular Hbond substituents is 4. The Kier molecular flexibility index (Phi) is 15.4. The summed E-state index contributed by atoms with van der Waals surface area (Å²) in [4.78, 5) is 64.9. The molecule has 16 heteroatoms. The number of unbranched alkanes of at least 4 members (excludes halogenated alkanes) is 5. The van der Waals surface area contributed by atoms with E-state index in [9.17, 15) is 44.4 Å². The minimum Gasteiger partial charge on any atom is -0.507 e. The average molecular weight is 1010 g/mol. The number of carbonyl (C=O) groups is 5. The normalized spacial score (nSPS) is 12.2. The predicted molar refractivity (Wildman–Crippen MR) is 285 cm³/mol. The van der Waals surface area contributed by atoms with Gasteiger partial charge >= 0.3 is 5.97 Å². The van der Waals surface area contributed by atoms with Gasteiger partial charge in [-0.1, -0.05) is 82.3 Å². The summed E-state index contributed by atoms with van der Waals surface area (Å²) in [6, 6.07) is 28.8. The second-order valence-electron chi connectivity index (χ2n) is 18.2. The SMILES string of the molecule is CCCCCCCCOc1ccc(-c2cc(O)c3c(c2N)C(=O)c2c(O)ccc(N)c2C3=O)cc1.CCCOC(=O)c1ccc(COc2ccc(-c3cc(O)c4c(c3N)C(=O)c3c(O)ccc(N)c3C4=O)cc2)cc1. The highest BCUT2D eigenvalue weighted by atomic mass is 16.5. The van der Waals surface area contributed by atoms with Crippen LogP contribution >= 0.6 is 0 Å². The van der Waals surface area contributed by atoms with Crippen LogP contribution < -0.4 is 32.4 Å². The first kappa shape index (κ1) is 52.0. The summed E-state index contributed by atoms with van der Waals surface area (Å²) < 4.78 is 16.8. The molecule has 0 fully saturated rings. The van der Waals surface area contributed by atoms with Crippen molar-refractivity contribution in [2.45, 2.75) is 65.4 Å². The van der Waals surface area contributed by atoms with Crippen molar-refractivity contribution in [1.29, 1.82) is 0 Å². The van der Waals surface area contributed by atoms with E-state index in [1.54, 1.807) is 72.8 Å². The van der Waals surface area contributed by atoms with E-state index in [4.69, 9.17) is 37.1 Å². The van der Waals surface area contributed by atoms with Crippen molar-refractivity contribution < 1.29 is 58.6 Å². The molecule has 0 unspecified atom stereocenters. The van der Waals surface area contributed by atoms with Crippen molar-refractivity contribution in [2.75, 3.05) is 36.1 Å². The van der Waals surface area contributed by atoms with Crippen LogP contribution in [0.3, 0.4) is 0 Å². The first-order chi connectivity index (χ1) is 36.1. The van der Waals surface area contributed by atoms with Crippen LogP contribution in [0.1, 0.15) is 138 Å². The number of anilines is 4. The lowest BCUT2D eigenvalue weighted by molar-refractivity contribution is 0.0504. The number of esters is 1. The van der Waals surface area contributed by atoms with Gasteiger partial charge in [0.2, 0.25) is 23.1 Å². The van der Waals surface area contributed by atoms with E-state index in [0.29, 0.717) is 52.5 Å². The van der Waals surface area contributed by atoms with Crippen LogP contribution in [0.2, 0.25) is 0 Å². The summed E-state index contributed by atoms with van der Waals surface area (Å²) in [6.07, 6.45) is 7.85. The highest BCUT2D eigenvalue weighted by Gasteiger charge is 2.40. The summed E-state index contributed by atoms with van der Waals surface area (Å²) in [5, 5.41) is 42.1. The molecule has 0 aromatic heterocycles. The Morgan fingerprint density at radius 2 is 0.867 bits per heavy atom. The number of ketones is 4. The maximum atomic E-state index is 13.4. The number of carbonyl (C=O) groups excluding carboxylic acids is 5. The lowest BCUT2D eigenvalue weighted by Crippen LogP contribution is -2.24. The van der Waals surface area contributed by atoms with Gasteiger partial charge in [0.25, 0.3) is 0 Å². The van der Waals surface area contributed by atoms with E-state index >= 15 is 0 Å². The van der Waals surface area contributed by atoms with E-state index in [1.807, 2.05) is 6.92 Å². The third-order valence-electron chi connectivity index (χ3n) is 13.1. The molecule has 0 heterocycles. The zero-order valence-corrected chi connectivity index (χ0v) is 41.3. The van der Waals surface area contributed by atoms with Gasteiger partial charge in [-0.3, -0.25) is 19.2 Å². The number of nitrogen functional groups attached to an aromatic ring is 4. The molecular weight excluding hydrogens is 957 g/mol. The Morgan fingerprint density at radius 1 is 0.440 bits per heavy atom. The third kappa shape index (κ3) is 10.4. The highest BCUT2D eigenvalue weighted by molar-refractivity contribution is 6.35. The maximum Gasteiger partial charge on any atom is 0.338 e. The number of rotatable bonds is 16. The van der Waals surface area contributed by atoms with Crippen molar-refractivity contribution in [2.24, 2.45) is 0 Å². The van der Waals surface area contributed by atoms with Gasteiger partial charge in [0, 0.05) is 22.5 Å². The fraction of sp³-hybridized carbons (Fsp3) is 0.203. The Bertz CT molecular complexity index is 3390. The molecule has 384 valence electrons. The Hall–Kier alpha value is -9.31. The smallest absolute Gasteiger partial charge is 0.338 e. The molecule has 12 N–H and O–H groups in total. The van der Waals surface area contributed by atoms with Crippen LogP contribution in [0.25, 0.3) is 22.3 Å². The van der Waals surface area contributed by atoms with Gasteiger partial charge in [0.15, 0.2) is 0 Å². The van der Waals surface area contributed by atoms with Crippen LogP contribution in [0.15, 0.2) is 109 Å². The van der Waals surface area contributed by atoms with Gasteiger partial charge in [-0.25, -0.2) is 4.79 Å². The monoisotopic (exact) mass is 1010 g/mol. The average Bonchev–Trinajstić information content (AvgIpc) is 3.42. The summed E-state index contributed by atoms with van der Waals surface area (Å²) in [5.74, 6) is -3.37. The van der Waals surface area contributed by atoms with Gasteiger partial charge < -0.3 is 57.6 Å². The van der Waals surface area contributed by atoms with Gasteiger partial charge in [-0.05, 0) is 102 Å². The first-order valence-electron chi connectivity index (χ1n) is 24.5. The molecule has 75 heavy (non-hydrogen) atoms. The largest absolute Gasteiger partial charge is 0.507 e. The molecular formula is C59H56N4O12. The number of fused-ring (bicyclic) bond motifs is 4. The topological polar surface area (TPSA) is 298 Å². The molecule has 0 spiro atoms. The highest BCUT2D eigenvalue weighted by Crippen LogP contribution is 2.47. The number of benzene rings is 7. The van der Waals surface area contributed by atoms with Crippen LogP contribution in [-0.4, -0.2) is 62.7 Å². The van der Waals surface area contributed by atoms with Gasteiger partial charge in [0.05, 0.1) is 74.7 Å². The standard InChI is InChI=1S/C31H26N2O7.C28H30N2O5/c1-2-13-39-31(38)18-5-3-16(4-6-18)15-40-19-9-7-17(8-10-19)20-14-23(35)26-27(28(20)33)30(37)25-22(34)12-11-21(32)24(25)29(26)36;1-2-3-4-5-6-7-14-35-17-10-8-16(9-11-17)18-15-21(32)24-25(26(18)30)28(34)23-20(31)13-12-19(29)22(23)27(24)33/h3-12,14,34-35H,2,13,15,32-33H2,1H3;8-13,15,31-32H,2-7,14,29-30H2,1H3. The van der Waals surface area contributed by atoms with Crippen LogP contribution in [0.5, 0.6) is 34.5 Å². The van der Waals surface area contributed by atoms with Crippen molar-refractivity contribution in [3.05, 3.63) is 165 Å². The van der Waals surface area contributed by atoms with Crippen molar-refractivity contribution in [1.82, 2.24) is 0 Å². The zero-order chi connectivity index (χ0) is 53.7. The van der Waals surface area contributed by atoms with Gasteiger partial charge in [0.1, 0.15) is 41.1 Å². The minimum atomic E-state index is -0.700. The van der Waals surface area contributed by atoms with E-state index in [0.717, 1.165) is 24.8 Å². The Morgan fingerprint density at radius 3 is 1.33 bits per heavy atom. The summed E-state index contributed by atoms with van der Waals surface area (Å²) >= 11 is 0. The molecule has 0 atom stereocenters. The number of ether oxygens (including phenoxy) is 3. The maximum absolute atomic E-state index is 13.4. The molecule has 0 aliphatic heterocycles. The second-order valence-corrected chi connectivity index (χ2v) is 18.2. The molecule has 2 aliphatic carbocycles. The molecule has 7 aromatic rings. The molecule has 0 saturated heterocycles. The van der Waals surface area contributed by atoms with E-state index in [-0.39, 0.29) is 91.3 Å². The molecule has 0 saturated carbocycles. The molecule has 9 rings (SSSR count). The number of nitrogens with two attached hydrogens (primary N) is 4. The lowest BCUT2D eigenvalue weighted by Gasteiger charge is -2.23. The predicted octanol–water partition coefficient (Wildman–Crippen LogP) is 10.3. The summed E-state index contributed by atoms with van der Waals surface area (Å²) in [7, 11) is 0. The molecule has 7 aromatic carbocycles. The lowest BCUT2D eigenvalue weighted by atomic mass is 9.80. The minimum absolute atomic E-state index is 0.00940. The molecule has 2 aliphatic rings. The first-order valence-corrected chi connectivity index (χ1v) is 24.5. The Labute approximate surface area is 432 Å². The third-order valence-corrected chi connectivity index (χ3v) is 13.1. The zero-order valence-electron chi connectivity index (χ0n) is 41.3. The molecule has 0 bridgehead atoms. The summed E-state index contributed by atoms with van der Waals surface area (Å²) in [5.41, 5.74) is 26.4. The van der Waals surface area contributed by atoms with Crippen LogP contribution in [-0.2, 0) is 11.3 Å². The van der Waals surface area contributed by atoms with E-state index < -0.39 is 34.6 Å². The fourth-order valence-corrected chi connectivity index (χ4v) is 9.16. The van der Waals surface area contributed by atoms with Crippen molar-refractivity contribution in [3.8, 4) is 56.8 Å². The van der Waals surface area contributed by atoms with Crippen molar-refractivity contribution in [3.63, 3.8) is 0 Å². The molecule has 0 amide bonds. The van der Waals surface area contributed by atoms with Gasteiger partial charge in [-0.2, -0.15) is 0 Å². The number of hydrogen-bond acceptors (Lipinski definition) is 16. The Balaban J connectivity index is 0.000000201. The molecule has 0 radical (unpaired) electrons. The molecule has 16 nitrogen and oxygen atoms in total. The quantitative estimate of drug-likeness (QED) is 0.0193. The fourth-order valence-electron chi connectivity index (χ4n) is 9.16. The number of phenols is 4. The van der Waals surface area contributed by atoms with E-state index in [1.165, 1.54) is 62.1 Å². The second kappa shape index (κ2) is 22.2. The van der Waals surface area contributed by atoms with Crippen molar-refractivity contribution >= 4 is 51.9 Å². The van der Waals surface area contributed by atoms with Crippen LogP contribution in [0, 0.1) is 0 Å². The van der Waals surface area contributed by atoms with E-state index in [2.05, 4.69) is 6.92 Å². The number of aromatic hydroxyl groups is 4. The summed E-state index contributed by atoms with van der Waals surface area (Å²) in [6.45, 7) is 5.39. The number of hydrogen-bond donors (Lipinski definition) is 8.